The third-order valence-corrected chi connectivity index (χ3v) is 4.21. The van der Waals surface area contributed by atoms with Crippen molar-refractivity contribution in [3.8, 4) is 0 Å². The molecule has 0 saturated heterocycles. The number of hydrogen-bond donors (Lipinski definition) is 0. The lowest BCUT2D eigenvalue weighted by Crippen LogP contribution is -2.49. The fourth-order valence-corrected chi connectivity index (χ4v) is 2.60. The molecule has 0 unspecified atom stereocenters. The molecule has 0 N–H and O–H groups in total. The maximum Gasteiger partial charge on any atom is 0.387 e. The predicted octanol–water partition coefficient (Wildman–Crippen LogP) is 6.49. The summed E-state index contributed by atoms with van der Waals surface area (Å²) in [7, 11) is 0. The highest BCUT2D eigenvalue weighted by molar-refractivity contribution is 5.61. The number of halogens is 6. The van der Waals surface area contributed by atoms with Gasteiger partial charge in [0.2, 0.25) is 11.5 Å². The van der Waals surface area contributed by atoms with E-state index in [9.17, 15) is 26.3 Å². The minimum absolute atomic E-state index is 0.135. The van der Waals surface area contributed by atoms with Crippen LogP contribution in [0, 0.1) is 0 Å². The molecule has 0 fully saturated rings. The molecule has 3 rings (SSSR count). The van der Waals surface area contributed by atoms with Gasteiger partial charge in [-0.1, -0.05) is 73.8 Å². The van der Waals surface area contributed by atoms with E-state index in [4.69, 9.17) is 9.47 Å². The van der Waals surface area contributed by atoms with Crippen LogP contribution in [0.1, 0.15) is 11.1 Å². The van der Waals surface area contributed by atoms with Crippen molar-refractivity contribution in [2.45, 2.75) is 17.8 Å². The molecular weight excluding hydrogens is 398 g/mol. The Morgan fingerprint density at radius 3 is 1.21 bits per heavy atom. The molecular formula is C21H14F6O2. The first-order valence-corrected chi connectivity index (χ1v) is 8.23. The fourth-order valence-electron chi connectivity index (χ4n) is 2.60. The van der Waals surface area contributed by atoms with Crippen molar-refractivity contribution >= 4 is 11.5 Å². The lowest BCUT2D eigenvalue weighted by Gasteiger charge is -2.24. The van der Waals surface area contributed by atoms with Gasteiger partial charge in [-0.15, -0.1) is 0 Å². The number of rotatable bonds is 6. The van der Waals surface area contributed by atoms with Crippen LogP contribution in [0.5, 0.6) is 0 Å². The maximum atomic E-state index is 14.3. The van der Waals surface area contributed by atoms with Crippen molar-refractivity contribution in [2.24, 2.45) is 0 Å². The van der Waals surface area contributed by atoms with E-state index in [1.54, 1.807) is 12.1 Å². The van der Waals surface area contributed by atoms with Gasteiger partial charge in [-0.3, -0.25) is 0 Å². The monoisotopic (exact) mass is 412 g/mol. The maximum absolute atomic E-state index is 14.3. The fraction of sp³-hybridized carbons (Fsp3) is 0.143. The van der Waals surface area contributed by atoms with Crippen LogP contribution in [-0.4, -0.2) is 17.8 Å². The Kier molecular flexibility index (Phi) is 4.98. The van der Waals surface area contributed by atoms with E-state index < -0.39 is 40.8 Å². The molecule has 8 heteroatoms. The van der Waals surface area contributed by atoms with Gasteiger partial charge in [0, 0.05) is 11.1 Å². The Hall–Kier alpha value is -3.16. The summed E-state index contributed by atoms with van der Waals surface area (Å²) in [6, 6.07) is 14.7. The van der Waals surface area contributed by atoms with Crippen molar-refractivity contribution in [3.63, 3.8) is 0 Å². The molecule has 1 aliphatic carbocycles. The summed E-state index contributed by atoms with van der Waals surface area (Å²) in [5.41, 5.74) is 0.270. The molecule has 2 nitrogen and oxygen atoms in total. The largest absolute Gasteiger partial charge is 0.451 e. The van der Waals surface area contributed by atoms with Gasteiger partial charge in [-0.05, 0) is 0 Å². The van der Waals surface area contributed by atoms with Crippen molar-refractivity contribution in [2.75, 3.05) is 0 Å². The smallest absolute Gasteiger partial charge is 0.387 e. The highest BCUT2D eigenvalue weighted by Crippen LogP contribution is 2.60. The van der Waals surface area contributed by atoms with Crippen molar-refractivity contribution in [1.82, 2.24) is 0 Å². The summed E-state index contributed by atoms with van der Waals surface area (Å²) in [6.07, 6.45) is 0. The molecule has 0 heterocycles. The van der Waals surface area contributed by atoms with Gasteiger partial charge in [-0.25, -0.2) is 0 Å². The summed E-state index contributed by atoms with van der Waals surface area (Å²) in [4.78, 5) is 0. The minimum Gasteiger partial charge on any atom is -0.451 e. The SMILES string of the molecule is C=C(OC1=C(OC(=C)c2ccccc2)C(F)(F)C(F)(F)C1(F)F)c1ccccc1. The Labute approximate surface area is 162 Å². The van der Waals surface area contributed by atoms with E-state index in [1.165, 1.54) is 48.5 Å². The molecule has 0 aromatic heterocycles. The third-order valence-electron chi connectivity index (χ3n) is 4.21. The molecule has 0 aliphatic heterocycles. The summed E-state index contributed by atoms with van der Waals surface area (Å²) < 4.78 is 94.6. The number of hydrogen-bond acceptors (Lipinski definition) is 2. The van der Waals surface area contributed by atoms with Crippen LogP contribution in [0.15, 0.2) is 85.3 Å². The molecule has 0 radical (unpaired) electrons. The van der Waals surface area contributed by atoms with Crippen molar-refractivity contribution in [1.29, 1.82) is 0 Å². The normalized spacial score (nSPS) is 19.0. The number of alkyl halides is 6. The van der Waals surface area contributed by atoms with E-state index in [2.05, 4.69) is 13.2 Å². The molecule has 0 bridgehead atoms. The zero-order chi connectivity index (χ0) is 21.4. The molecule has 0 saturated carbocycles. The molecule has 1 aliphatic rings. The van der Waals surface area contributed by atoms with Gasteiger partial charge in [0.05, 0.1) is 0 Å². The number of allylic oxidation sites excluding steroid dienone is 2. The molecule has 2 aromatic carbocycles. The summed E-state index contributed by atoms with van der Waals surface area (Å²) >= 11 is 0. The van der Waals surface area contributed by atoms with Crippen LogP contribution in [0.3, 0.4) is 0 Å². The van der Waals surface area contributed by atoms with Crippen LogP contribution >= 0.6 is 0 Å². The van der Waals surface area contributed by atoms with Crippen LogP contribution in [0.25, 0.3) is 11.5 Å². The molecule has 0 atom stereocenters. The van der Waals surface area contributed by atoms with Crippen molar-refractivity contribution in [3.05, 3.63) is 96.5 Å². The van der Waals surface area contributed by atoms with Crippen LogP contribution in [0.4, 0.5) is 26.3 Å². The number of benzene rings is 2. The second-order valence-corrected chi connectivity index (χ2v) is 6.16. The quantitative estimate of drug-likeness (QED) is 0.399. The van der Waals surface area contributed by atoms with Gasteiger partial charge < -0.3 is 9.47 Å². The van der Waals surface area contributed by atoms with E-state index in [1.807, 2.05) is 0 Å². The first-order valence-electron chi connectivity index (χ1n) is 8.23. The molecule has 0 amide bonds. The van der Waals surface area contributed by atoms with E-state index >= 15 is 0 Å². The first kappa shape index (κ1) is 20.6. The molecule has 0 spiro atoms. The standard InChI is InChI=1S/C21H14F6O2/c1-13(15-9-5-3-6-10-15)28-17-18(20(24,25)21(26,27)19(17,22)23)29-14(2)16-11-7-4-8-12-16/h3-12H,1-2H2. The average Bonchev–Trinajstić information content (AvgIpc) is 2.79. The Balaban J connectivity index is 2.05. The van der Waals surface area contributed by atoms with Crippen LogP contribution in [0.2, 0.25) is 0 Å². The zero-order valence-corrected chi connectivity index (χ0v) is 14.8. The van der Waals surface area contributed by atoms with Gasteiger partial charge in [-0.2, -0.15) is 26.3 Å². The third kappa shape index (κ3) is 3.28. The van der Waals surface area contributed by atoms with Gasteiger partial charge in [0.15, 0.2) is 0 Å². The first-order chi connectivity index (χ1) is 13.5. The lowest BCUT2D eigenvalue weighted by atomic mass is 10.1. The number of ether oxygens (including phenoxy) is 2. The zero-order valence-electron chi connectivity index (χ0n) is 14.8. The average molecular weight is 412 g/mol. The van der Waals surface area contributed by atoms with Crippen LogP contribution in [-0.2, 0) is 9.47 Å². The topological polar surface area (TPSA) is 18.5 Å². The summed E-state index contributed by atoms with van der Waals surface area (Å²) in [6.45, 7) is 6.73. The second-order valence-electron chi connectivity index (χ2n) is 6.16. The van der Waals surface area contributed by atoms with E-state index in [-0.39, 0.29) is 11.1 Å². The van der Waals surface area contributed by atoms with Crippen LogP contribution < -0.4 is 0 Å². The van der Waals surface area contributed by atoms with E-state index in [0.29, 0.717) is 0 Å². The van der Waals surface area contributed by atoms with Gasteiger partial charge >= 0.3 is 17.8 Å². The lowest BCUT2D eigenvalue weighted by molar-refractivity contribution is -0.274. The molecule has 152 valence electrons. The minimum atomic E-state index is -5.78. The highest BCUT2D eigenvalue weighted by Gasteiger charge is 2.83. The predicted molar refractivity (Wildman–Crippen MR) is 95.0 cm³/mol. The second kappa shape index (κ2) is 7.02. The highest BCUT2D eigenvalue weighted by atomic mass is 19.3. The van der Waals surface area contributed by atoms with Gasteiger partial charge in [0.1, 0.15) is 11.5 Å². The van der Waals surface area contributed by atoms with Crippen molar-refractivity contribution < 1.29 is 35.8 Å². The summed E-state index contributed by atoms with van der Waals surface area (Å²) in [5, 5.41) is 0. The molecule has 2 aromatic rings. The Morgan fingerprint density at radius 2 is 0.897 bits per heavy atom. The van der Waals surface area contributed by atoms with E-state index in [0.717, 1.165) is 0 Å². The Bertz CT molecular complexity index is 888. The van der Waals surface area contributed by atoms with Gasteiger partial charge in [0.25, 0.3) is 0 Å². The molecule has 29 heavy (non-hydrogen) atoms. The summed E-state index contributed by atoms with van der Waals surface area (Å²) in [5.74, 6) is -21.6. The Morgan fingerprint density at radius 1 is 0.586 bits per heavy atom.